The van der Waals surface area contributed by atoms with Crippen molar-refractivity contribution in [3.63, 3.8) is 0 Å². The lowest BCUT2D eigenvalue weighted by Crippen LogP contribution is -2.02. The van der Waals surface area contributed by atoms with Crippen molar-refractivity contribution in [1.82, 2.24) is 0 Å². The molecule has 4 heteroatoms. The maximum atomic E-state index is 10.8. The van der Waals surface area contributed by atoms with E-state index in [1.54, 1.807) is 14.2 Å². The van der Waals surface area contributed by atoms with Crippen LogP contribution < -0.4 is 9.47 Å². The fourth-order valence-electron chi connectivity index (χ4n) is 2.23. The molecule has 0 unspecified atom stereocenters. The Morgan fingerprint density at radius 1 is 1.23 bits per heavy atom. The monoisotopic (exact) mass is 306 g/mol. The van der Waals surface area contributed by atoms with E-state index in [-0.39, 0.29) is 5.97 Å². The number of methoxy groups -OCH3 is 2. The van der Waals surface area contributed by atoms with Crippen molar-refractivity contribution in [2.75, 3.05) is 20.8 Å². The molecule has 0 N–H and O–H groups in total. The Morgan fingerprint density at radius 2 is 1.95 bits per heavy atom. The molecule has 4 nitrogen and oxygen atoms in total. The predicted octanol–water partition coefficient (Wildman–Crippen LogP) is 4.10. The predicted molar refractivity (Wildman–Crippen MR) is 87.6 cm³/mol. The molecule has 0 radical (unpaired) electrons. The molecule has 1 atom stereocenters. The Labute approximate surface area is 133 Å². The highest BCUT2D eigenvalue weighted by Crippen LogP contribution is 2.32. The molecule has 0 aromatic heterocycles. The molecule has 0 heterocycles. The number of carbonyl (C=O) groups is 1. The lowest BCUT2D eigenvalue weighted by Gasteiger charge is -2.16. The number of esters is 1. The Bertz CT molecular complexity index is 520. The third-order valence-corrected chi connectivity index (χ3v) is 3.56. The van der Waals surface area contributed by atoms with Gasteiger partial charge in [-0.1, -0.05) is 13.0 Å². The molecular formula is C18H26O4. The first kappa shape index (κ1) is 18.1. The van der Waals surface area contributed by atoms with Crippen molar-refractivity contribution in [3.8, 4) is 11.5 Å². The quantitative estimate of drug-likeness (QED) is 0.536. The minimum absolute atomic E-state index is 0.248. The van der Waals surface area contributed by atoms with Crippen LogP contribution in [0, 0.1) is 0 Å². The molecule has 0 aliphatic heterocycles. The maximum absolute atomic E-state index is 10.8. The van der Waals surface area contributed by atoms with Crippen LogP contribution in [-0.4, -0.2) is 26.8 Å². The summed E-state index contributed by atoms with van der Waals surface area (Å²) in [5.41, 5.74) is 2.22. The summed E-state index contributed by atoms with van der Waals surface area (Å²) in [7, 11) is 3.35. The number of benzene rings is 1. The summed E-state index contributed by atoms with van der Waals surface area (Å²) in [6.45, 7) is 5.93. The zero-order valence-electron chi connectivity index (χ0n) is 14.1. The zero-order valence-corrected chi connectivity index (χ0v) is 14.1. The number of allylic oxidation sites excluding steroid dienone is 1. The van der Waals surface area contributed by atoms with Crippen LogP contribution in [0.1, 0.15) is 45.1 Å². The molecule has 1 rings (SSSR count). The van der Waals surface area contributed by atoms with Crippen molar-refractivity contribution in [2.24, 2.45) is 0 Å². The second-order valence-electron chi connectivity index (χ2n) is 5.42. The normalized spacial score (nSPS) is 12.7. The fraction of sp³-hybridized carbons (Fsp3) is 0.500. The molecule has 0 saturated heterocycles. The molecule has 0 aliphatic rings. The summed E-state index contributed by atoms with van der Waals surface area (Å²) in [5.74, 6) is 1.82. The molecule has 1 aromatic rings. The summed E-state index contributed by atoms with van der Waals surface area (Å²) < 4.78 is 15.7. The summed E-state index contributed by atoms with van der Waals surface area (Å²) in [4.78, 5) is 10.8. The van der Waals surface area contributed by atoms with Gasteiger partial charge in [-0.25, -0.2) is 0 Å². The third-order valence-electron chi connectivity index (χ3n) is 3.56. The van der Waals surface area contributed by atoms with Gasteiger partial charge in [0.15, 0.2) is 0 Å². The van der Waals surface area contributed by atoms with Gasteiger partial charge >= 0.3 is 5.97 Å². The smallest absolute Gasteiger partial charge is 0.302 e. The first-order valence-corrected chi connectivity index (χ1v) is 7.48. The first-order valence-electron chi connectivity index (χ1n) is 7.48. The second kappa shape index (κ2) is 9.13. The molecule has 0 fully saturated rings. The van der Waals surface area contributed by atoms with E-state index in [4.69, 9.17) is 14.2 Å². The Hall–Kier alpha value is -1.97. The summed E-state index contributed by atoms with van der Waals surface area (Å²) in [6.07, 6.45) is 4.03. The van der Waals surface area contributed by atoms with Crippen LogP contribution in [0.4, 0.5) is 0 Å². The van der Waals surface area contributed by atoms with E-state index in [0.29, 0.717) is 12.5 Å². The Kier molecular flexibility index (Phi) is 7.50. The average Bonchev–Trinajstić information content (AvgIpc) is 2.52. The second-order valence-corrected chi connectivity index (χ2v) is 5.42. The van der Waals surface area contributed by atoms with Crippen molar-refractivity contribution < 1.29 is 19.0 Å². The fourth-order valence-corrected chi connectivity index (χ4v) is 2.23. The van der Waals surface area contributed by atoms with Gasteiger partial charge in [0.25, 0.3) is 0 Å². The van der Waals surface area contributed by atoms with Crippen LogP contribution in [0.5, 0.6) is 11.5 Å². The van der Waals surface area contributed by atoms with Crippen LogP contribution >= 0.6 is 0 Å². The van der Waals surface area contributed by atoms with Gasteiger partial charge in [0.05, 0.1) is 14.2 Å². The average molecular weight is 306 g/mol. The van der Waals surface area contributed by atoms with Crippen molar-refractivity contribution >= 4 is 5.97 Å². The van der Waals surface area contributed by atoms with Gasteiger partial charge in [0, 0.05) is 12.5 Å². The molecule has 0 spiro atoms. The minimum Gasteiger partial charge on any atom is -0.497 e. The topological polar surface area (TPSA) is 44.8 Å². The highest BCUT2D eigenvalue weighted by Gasteiger charge is 2.12. The number of carbonyl (C=O) groups excluding carboxylic acids is 1. The molecular weight excluding hydrogens is 280 g/mol. The number of rotatable bonds is 8. The van der Waals surface area contributed by atoms with Gasteiger partial charge in [-0.2, -0.15) is 0 Å². The van der Waals surface area contributed by atoms with Gasteiger partial charge < -0.3 is 14.2 Å². The van der Waals surface area contributed by atoms with E-state index in [2.05, 4.69) is 13.0 Å². The summed E-state index contributed by atoms with van der Waals surface area (Å²) in [5, 5.41) is 0. The molecule has 1 aromatic carbocycles. The molecule has 0 aliphatic carbocycles. The molecule has 0 bridgehead atoms. The van der Waals surface area contributed by atoms with Gasteiger partial charge in [0.1, 0.15) is 18.1 Å². The summed E-state index contributed by atoms with van der Waals surface area (Å²) in [6, 6.07) is 5.86. The largest absolute Gasteiger partial charge is 0.497 e. The highest BCUT2D eigenvalue weighted by molar-refractivity contribution is 5.66. The standard InChI is InChI=1S/C18H26O4/c1-13(12-22-15(3)19)7-6-8-14(2)17-11-16(20-4)9-10-18(17)21-5/h7,9-11,14H,6,8,12H2,1-5H3/b13-7+/t14-/m0/s1. The van der Waals surface area contributed by atoms with E-state index in [0.717, 1.165) is 35.5 Å². The molecule has 0 amide bonds. The van der Waals surface area contributed by atoms with E-state index >= 15 is 0 Å². The van der Waals surface area contributed by atoms with Crippen molar-refractivity contribution in [2.45, 2.75) is 39.5 Å². The highest BCUT2D eigenvalue weighted by atomic mass is 16.5. The van der Waals surface area contributed by atoms with E-state index in [9.17, 15) is 4.79 Å². The SMILES string of the molecule is COc1ccc(OC)c([C@@H](C)CC/C=C(\C)COC(C)=O)c1. The van der Waals surface area contributed by atoms with Crippen LogP contribution in [-0.2, 0) is 9.53 Å². The zero-order chi connectivity index (χ0) is 16.5. The molecule has 122 valence electrons. The summed E-state index contributed by atoms with van der Waals surface area (Å²) >= 11 is 0. The Balaban J connectivity index is 2.63. The van der Waals surface area contributed by atoms with Crippen LogP contribution in [0.2, 0.25) is 0 Å². The first-order chi connectivity index (χ1) is 10.5. The lowest BCUT2D eigenvalue weighted by atomic mass is 9.94. The minimum atomic E-state index is -0.248. The lowest BCUT2D eigenvalue weighted by molar-refractivity contribution is -0.139. The molecule has 0 saturated carbocycles. The van der Waals surface area contributed by atoms with Crippen LogP contribution in [0.3, 0.4) is 0 Å². The van der Waals surface area contributed by atoms with Crippen LogP contribution in [0.15, 0.2) is 29.8 Å². The van der Waals surface area contributed by atoms with Gasteiger partial charge in [-0.05, 0) is 49.5 Å². The van der Waals surface area contributed by atoms with Crippen LogP contribution in [0.25, 0.3) is 0 Å². The van der Waals surface area contributed by atoms with Gasteiger partial charge in [0.2, 0.25) is 0 Å². The third kappa shape index (κ3) is 5.80. The number of hydrogen-bond donors (Lipinski definition) is 0. The Morgan fingerprint density at radius 3 is 2.55 bits per heavy atom. The van der Waals surface area contributed by atoms with Gasteiger partial charge in [-0.15, -0.1) is 0 Å². The number of hydrogen-bond acceptors (Lipinski definition) is 4. The van der Waals surface area contributed by atoms with E-state index < -0.39 is 0 Å². The van der Waals surface area contributed by atoms with Gasteiger partial charge in [-0.3, -0.25) is 4.79 Å². The van der Waals surface area contributed by atoms with E-state index in [1.165, 1.54) is 6.92 Å². The molecule has 22 heavy (non-hydrogen) atoms. The van der Waals surface area contributed by atoms with Crippen molar-refractivity contribution in [3.05, 3.63) is 35.4 Å². The van der Waals surface area contributed by atoms with E-state index in [1.807, 2.05) is 25.1 Å². The number of ether oxygens (including phenoxy) is 3. The maximum Gasteiger partial charge on any atom is 0.302 e. The van der Waals surface area contributed by atoms with Crippen molar-refractivity contribution in [1.29, 1.82) is 0 Å².